The molecule has 0 aromatic heterocycles. The molecule has 0 spiro atoms. The number of ether oxygens (including phenoxy) is 1. The Labute approximate surface area is 114 Å². The summed E-state index contributed by atoms with van der Waals surface area (Å²) in [6.45, 7) is 7.87. The molecule has 1 heterocycles. The quantitative estimate of drug-likeness (QED) is 0.532. The van der Waals surface area contributed by atoms with Crippen molar-refractivity contribution in [2.45, 2.75) is 13.3 Å². The van der Waals surface area contributed by atoms with Crippen molar-refractivity contribution in [3.8, 4) is 23.9 Å². The average molecular weight is 259 g/mol. The van der Waals surface area contributed by atoms with Gasteiger partial charge < -0.3 is 9.22 Å². The van der Waals surface area contributed by atoms with E-state index in [1.807, 2.05) is 0 Å². The third-order valence-electron chi connectivity index (χ3n) is 3.09. The molecule has 0 N–H and O–H groups in total. The lowest BCUT2D eigenvalue weighted by Gasteiger charge is -2.37. The van der Waals surface area contributed by atoms with Crippen LogP contribution in [0.4, 0.5) is 0 Å². The summed E-state index contributed by atoms with van der Waals surface area (Å²) < 4.78 is 6.51. The molecule has 1 saturated heterocycles. The number of hydrogen-bond donors (Lipinski definition) is 0. The van der Waals surface area contributed by atoms with Crippen LogP contribution in [-0.2, 0) is 4.74 Å². The van der Waals surface area contributed by atoms with Crippen LogP contribution < -0.4 is 0 Å². The summed E-state index contributed by atoms with van der Waals surface area (Å²) in [5, 5.41) is 32.3. The van der Waals surface area contributed by atoms with Gasteiger partial charge in [-0.2, -0.15) is 0 Å². The van der Waals surface area contributed by atoms with Gasteiger partial charge >= 0.3 is 6.15 Å². The maximum atomic E-state index is 8.09. The van der Waals surface area contributed by atoms with Crippen LogP contribution in [-0.4, -0.2) is 50.5 Å². The molecule has 0 amide bonds. The summed E-state index contributed by atoms with van der Waals surface area (Å²) in [5.74, 6) is 5.38. The van der Waals surface area contributed by atoms with E-state index in [-0.39, 0.29) is 0 Å². The number of likely N-dealkylation sites (N-methyl/N-ethyl adjacent to an activating group) is 1. The summed E-state index contributed by atoms with van der Waals surface area (Å²) in [4.78, 5) is 0. The summed E-state index contributed by atoms with van der Waals surface area (Å²) in [7, 11) is 2.33. The fraction of sp³-hybridized carbons (Fsp3) is 0.667. The van der Waals surface area contributed by atoms with Crippen molar-refractivity contribution in [1.82, 2.24) is 0 Å². The molecule has 0 aliphatic carbocycles. The van der Waals surface area contributed by atoms with Gasteiger partial charge in [0.05, 0.1) is 26.8 Å². The largest absolute Gasteiger partial charge is 0.383 e. The summed E-state index contributed by atoms with van der Waals surface area (Å²) in [6.07, 6.45) is -1.43. The zero-order valence-corrected chi connectivity index (χ0v) is 11.5. The molecule has 1 aliphatic rings. The highest BCUT2D eigenvalue weighted by molar-refractivity contribution is 7.05. The van der Waals surface area contributed by atoms with Gasteiger partial charge in [-0.25, -0.2) is 21.0 Å². The molecule has 0 saturated carbocycles. The standard InChI is InChI=1S/C8H18NO.C4BN4/c1-3-4-9(2)5-7-10-8-6-9;6-1-5(2-7,3-8)4-9/h3-8H2,1-2H3;/q+1;-1. The van der Waals surface area contributed by atoms with Gasteiger partial charge in [0.1, 0.15) is 13.1 Å². The van der Waals surface area contributed by atoms with Crippen molar-refractivity contribution in [3.05, 3.63) is 0 Å². The molecule has 0 aromatic rings. The van der Waals surface area contributed by atoms with Gasteiger partial charge in [0.2, 0.25) is 0 Å². The van der Waals surface area contributed by atoms with E-state index in [2.05, 4.69) is 14.0 Å². The number of rotatable bonds is 2. The van der Waals surface area contributed by atoms with Crippen molar-refractivity contribution >= 4 is 6.15 Å². The van der Waals surface area contributed by atoms with Gasteiger partial charge in [-0.15, -0.1) is 23.9 Å². The summed E-state index contributed by atoms with van der Waals surface area (Å²) in [5.41, 5.74) is 0. The molecule has 0 atom stereocenters. The zero-order chi connectivity index (χ0) is 14.8. The van der Waals surface area contributed by atoms with Crippen LogP contribution in [0.2, 0.25) is 0 Å². The van der Waals surface area contributed by atoms with Crippen LogP contribution in [0.1, 0.15) is 13.3 Å². The third kappa shape index (κ3) is 5.41. The van der Waals surface area contributed by atoms with Gasteiger partial charge in [0.25, 0.3) is 0 Å². The van der Waals surface area contributed by atoms with Crippen LogP contribution in [0.5, 0.6) is 0 Å². The Bertz CT molecular complexity index is 378. The number of hydrogen-bond acceptors (Lipinski definition) is 5. The monoisotopic (exact) mass is 259 g/mol. The number of nitriles is 4. The Kier molecular flexibility index (Phi) is 7.24. The van der Waals surface area contributed by atoms with E-state index in [9.17, 15) is 0 Å². The van der Waals surface area contributed by atoms with E-state index in [4.69, 9.17) is 25.8 Å². The highest BCUT2D eigenvalue weighted by atomic mass is 16.5. The highest BCUT2D eigenvalue weighted by Crippen LogP contribution is 2.07. The third-order valence-corrected chi connectivity index (χ3v) is 3.09. The van der Waals surface area contributed by atoms with Crippen LogP contribution in [0.3, 0.4) is 0 Å². The minimum Gasteiger partial charge on any atom is -0.370 e. The molecule has 1 rings (SSSR count). The van der Waals surface area contributed by atoms with Crippen molar-refractivity contribution in [2.75, 3.05) is 39.9 Å². The maximum absolute atomic E-state index is 8.09. The molecule has 100 valence electrons. The second-order valence-electron chi connectivity index (χ2n) is 4.79. The van der Waals surface area contributed by atoms with Crippen molar-refractivity contribution in [2.24, 2.45) is 0 Å². The second kappa shape index (κ2) is 8.12. The van der Waals surface area contributed by atoms with Crippen LogP contribution >= 0.6 is 0 Å². The van der Waals surface area contributed by atoms with E-state index >= 15 is 0 Å². The van der Waals surface area contributed by atoms with Crippen LogP contribution in [0.15, 0.2) is 0 Å². The minimum atomic E-state index is -2.72. The van der Waals surface area contributed by atoms with Crippen molar-refractivity contribution in [3.63, 3.8) is 0 Å². The Hall–Kier alpha value is -2.06. The van der Waals surface area contributed by atoms with Crippen LogP contribution in [0, 0.1) is 44.9 Å². The maximum Gasteiger partial charge on any atom is 0.383 e. The molecule has 7 heteroatoms. The molecule has 0 unspecified atom stereocenters. The van der Waals surface area contributed by atoms with E-state index < -0.39 is 6.15 Å². The molecule has 1 aliphatic heterocycles. The Balaban J connectivity index is 0.000000344. The smallest absolute Gasteiger partial charge is 0.370 e. The predicted octanol–water partition coefficient (Wildman–Crippen LogP) is 0.560. The van der Waals surface area contributed by atoms with E-state index in [1.165, 1.54) is 54.4 Å². The van der Waals surface area contributed by atoms with Gasteiger partial charge in [-0.3, -0.25) is 0 Å². The van der Waals surface area contributed by atoms with Crippen LogP contribution in [0.25, 0.3) is 0 Å². The first kappa shape index (κ1) is 16.9. The molecule has 19 heavy (non-hydrogen) atoms. The lowest BCUT2D eigenvalue weighted by atomic mass is 9.30. The average Bonchev–Trinajstić information content (AvgIpc) is 2.43. The molecule has 0 bridgehead atoms. The first-order valence-electron chi connectivity index (χ1n) is 6.23. The lowest BCUT2D eigenvalue weighted by molar-refractivity contribution is -0.916. The number of nitrogens with zero attached hydrogens (tertiary/aromatic N) is 5. The van der Waals surface area contributed by atoms with E-state index in [0.717, 1.165) is 13.2 Å². The topological polar surface area (TPSA) is 104 Å². The molecular weight excluding hydrogens is 241 g/mol. The zero-order valence-electron chi connectivity index (χ0n) is 11.5. The lowest BCUT2D eigenvalue weighted by Crippen LogP contribution is -2.52. The first-order valence-corrected chi connectivity index (χ1v) is 6.23. The van der Waals surface area contributed by atoms with Gasteiger partial charge in [-0.1, -0.05) is 6.92 Å². The summed E-state index contributed by atoms with van der Waals surface area (Å²) in [6, 6.07) is 0. The molecular formula is C12H18BN5O. The van der Waals surface area contributed by atoms with E-state index in [0.29, 0.717) is 0 Å². The van der Waals surface area contributed by atoms with Crippen molar-refractivity contribution < 1.29 is 9.22 Å². The van der Waals surface area contributed by atoms with E-state index in [1.54, 1.807) is 0 Å². The van der Waals surface area contributed by atoms with Gasteiger partial charge in [0, 0.05) is 0 Å². The fourth-order valence-electron chi connectivity index (χ4n) is 1.72. The predicted molar refractivity (Wildman–Crippen MR) is 70.1 cm³/mol. The Morgan fingerprint density at radius 1 is 1.00 bits per heavy atom. The second-order valence-corrected chi connectivity index (χ2v) is 4.79. The van der Waals surface area contributed by atoms with Crippen molar-refractivity contribution in [1.29, 1.82) is 21.0 Å². The number of quaternary nitrogens is 1. The normalized spacial score (nSPS) is 16.5. The molecule has 1 fully saturated rings. The fourth-order valence-corrected chi connectivity index (χ4v) is 1.72. The minimum absolute atomic E-state index is 0.955. The van der Waals surface area contributed by atoms with Gasteiger partial charge in [0.15, 0.2) is 0 Å². The highest BCUT2D eigenvalue weighted by Gasteiger charge is 2.23. The first-order chi connectivity index (χ1) is 9.01. The molecule has 6 nitrogen and oxygen atoms in total. The SMILES string of the molecule is CCC[N+]1(C)CCOCC1.N#C[B-](C#N)(C#N)C#N. The Morgan fingerprint density at radius 3 is 1.68 bits per heavy atom. The summed E-state index contributed by atoms with van der Waals surface area (Å²) >= 11 is 0. The Morgan fingerprint density at radius 2 is 1.42 bits per heavy atom. The number of morpholine rings is 1. The van der Waals surface area contributed by atoms with Gasteiger partial charge in [-0.05, 0) is 6.42 Å². The molecule has 0 radical (unpaired) electrons. The molecule has 0 aromatic carbocycles.